The highest BCUT2D eigenvalue weighted by atomic mass is 16.7. The Bertz CT molecular complexity index is 1150. The van der Waals surface area contributed by atoms with E-state index < -0.39 is 12.0 Å². The summed E-state index contributed by atoms with van der Waals surface area (Å²) in [5.41, 5.74) is 2.71. The molecule has 0 aliphatic carbocycles. The van der Waals surface area contributed by atoms with Gasteiger partial charge in [-0.3, -0.25) is 4.79 Å². The normalized spacial score (nSPS) is 18.6. The summed E-state index contributed by atoms with van der Waals surface area (Å²) in [5, 5.41) is 0. The molecule has 4 rings (SSSR count). The van der Waals surface area contributed by atoms with Crippen LogP contribution < -0.4 is 10.2 Å². The Balaban J connectivity index is 1.25. The first kappa shape index (κ1) is 28.1. The van der Waals surface area contributed by atoms with Crippen LogP contribution in [0.1, 0.15) is 63.0 Å². The van der Waals surface area contributed by atoms with E-state index in [-0.39, 0.29) is 30.1 Å². The van der Waals surface area contributed by atoms with E-state index in [0.29, 0.717) is 37.7 Å². The van der Waals surface area contributed by atoms with Crippen molar-refractivity contribution >= 4 is 24.5 Å². The van der Waals surface area contributed by atoms with Crippen LogP contribution in [0, 0.1) is 5.92 Å². The highest BCUT2D eigenvalue weighted by Crippen LogP contribution is 2.36. The number of hydrogen-bond acceptors (Lipinski definition) is 7. The lowest BCUT2D eigenvalue weighted by Gasteiger charge is -2.32. The number of benzene rings is 2. The van der Waals surface area contributed by atoms with E-state index in [1.807, 2.05) is 77.9 Å². The van der Waals surface area contributed by atoms with Crippen molar-refractivity contribution in [1.82, 2.24) is 4.90 Å². The predicted octanol–water partition coefficient (Wildman–Crippen LogP) is 3.73. The van der Waals surface area contributed by atoms with Crippen LogP contribution >= 0.6 is 0 Å². The first-order chi connectivity index (χ1) is 17.9. The van der Waals surface area contributed by atoms with Gasteiger partial charge in [0.1, 0.15) is 18.4 Å². The molecule has 2 aliphatic rings. The Morgan fingerprint density at radius 3 is 2.29 bits per heavy atom. The van der Waals surface area contributed by atoms with Crippen molar-refractivity contribution in [2.24, 2.45) is 5.92 Å². The monoisotopic (exact) mass is 523 g/mol. The van der Waals surface area contributed by atoms with Gasteiger partial charge in [-0.1, -0.05) is 44.2 Å². The molecule has 2 heterocycles. The highest BCUT2D eigenvalue weighted by Gasteiger charge is 2.51. The number of carbonyl (C=O) groups excluding carboxylic acids is 2. The Morgan fingerprint density at radius 1 is 1.03 bits per heavy atom. The van der Waals surface area contributed by atoms with E-state index in [0.717, 1.165) is 16.6 Å². The van der Waals surface area contributed by atoms with Gasteiger partial charge in [-0.15, -0.1) is 0 Å². The molecule has 1 atom stereocenters. The number of methoxy groups -OCH3 is 1. The molecular weight excluding hydrogens is 485 g/mol. The quantitative estimate of drug-likeness (QED) is 0.267. The van der Waals surface area contributed by atoms with Crippen molar-refractivity contribution < 1.29 is 33.1 Å². The predicted molar refractivity (Wildman–Crippen MR) is 144 cm³/mol. The molecule has 0 aromatic heterocycles. The maximum absolute atomic E-state index is 13.0. The molecule has 1 fully saturated rings. The van der Waals surface area contributed by atoms with Gasteiger partial charge >= 0.3 is 13.1 Å². The van der Waals surface area contributed by atoms with Gasteiger partial charge < -0.3 is 28.4 Å². The Labute approximate surface area is 225 Å². The van der Waals surface area contributed by atoms with Crippen molar-refractivity contribution in [3.05, 3.63) is 59.2 Å². The summed E-state index contributed by atoms with van der Waals surface area (Å²) in [6, 6.07) is 12.9. The van der Waals surface area contributed by atoms with E-state index in [4.69, 9.17) is 23.5 Å². The number of rotatable bonds is 10. The molecule has 0 bridgehead atoms. The zero-order valence-electron chi connectivity index (χ0n) is 23.4. The summed E-state index contributed by atoms with van der Waals surface area (Å²) >= 11 is 0. The van der Waals surface area contributed by atoms with Crippen molar-refractivity contribution in [3.8, 4) is 5.75 Å². The molecule has 8 nitrogen and oxygen atoms in total. The molecule has 0 N–H and O–H groups in total. The maximum atomic E-state index is 13.0. The summed E-state index contributed by atoms with van der Waals surface area (Å²) in [7, 11) is 0.960. The first-order valence-electron chi connectivity index (χ1n) is 13.1. The molecule has 1 saturated heterocycles. The molecule has 0 radical (unpaired) electrons. The summed E-state index contributed by atoms with van der Waals surface area (Å²) in [4.78, 5) is 26.9. The average Bonchev–Trinajstić information content (AvgIpc) is 3.30. The van der Waals surface area contributed by atoms with Crippen LogP contribution in [0.3, 0.4) is 0 Å². The molecule has 0 spiro atoms. The molecule has 0 saturated carbocycles. The third kappa shape index (κ3) is 5.75. The van der Waals surface area contributed by atoms with Gasteiger partial charge in [0, 0.05) is 12.1 Å². The van der Waals surface area contributed by atoms with Crippen molar-refractivity contribution in [2.45, 2.75) is 71.9 Å². The SMILES string of the molecule is COC(=O)C(C(C)C)N1Cc2ccc(OCCOCc3ccc(B4OC(C)(C)C(C)(C)O4)cc3)cc2C1=O. The van der Waals surface area contributed by atoms with Gasteiger partial charge in [-0.05, 0) is 62.3 Å². The molecular formula is C29H38BNO7. The van der Waals surface area contributed by atoms with Gasteiger partial charge in [0.2, 0.25) is 0 Å². The van der Waals surface area contributed by atoms with Crippen LogP contribution in [-0.2, 0) is 36.7 Å². The van der Waals surface area contributed by atoms with Crippen LogP contribution in [0.25, 0.3) is 0 Å². The Hall–Kier alpha value is -2.88. The number of hydrogen-bond donors (Lipinski definition) is 0. The molecule has 2 aromatic rings. The minimum absolute atomic E-state index is 0.0616. The summed E-state index contributed by atoms with van der Waals surface area (Å²) in [6.45, 7) is 13.5. The molecule has 2 aliphatic heterocycles. The van der Waals surface area contributed by atoms with Crippen molar-refractivity contribution in [2.75, 3.05) is 20.3 Å². The van der Waals surface area contributed by atoms with Gasteiger partial charge in [0.15, 0.2) is 0 Å². The second-order valence-electron chi connectivity index (χ2n) is 11.2. The second kappa shape index (κ2) is 11.1. The summed E-state index contributed by atoms with van der Waals surface area (Å²) in [6.07, 6.45) is 0. The number of nitrogens with zero attached hydrogens (tertiary/aromatic N) is 1. The number of esters is 1. The fourth-order valence-corrected chi connectivity index (χ4v) is 4.66. The smallest absolute Gasteiger partial charge is 0.491 e. The van der Waals surface area contributed by atoms with Crippen molar-refractivity contribution in [1.29, 1.82) is 0 Å². The molecule has 2 aromatic carbocycles. The minimum atomic E-state index is -0.622. The number of fused-ring (bicyclic) bond motifs is 1. The van der Waals surface area contributed by atoms with Crippen LogP contribution in [-0.4, -0.2) is 61.5 Å². The number of amides is 1. The van der Waals surface area contributed by atoms with E-state index in [9.17, 15) is 9.59 Å². The second-order valence-corrected chi connectivity index (χ2v) is 11.2. The summed E-state index contributed by atoms with van der Waals surface area (Å²) in [5.74, 6) is -0.0609. The average molecular weight is 523 g/mol. The van der Waals surface area contributed by atoms with E-state index in [1.54, 1.807) is 11.0 Å². The van der Waals surface area contributed by atoms with E-state index in [2.05, 4.69) is 0 Å². The van der Waals surface area contributed by atoms with E-state index >= 15 is 0 Å². The fourth-order valence-electron chi connectivity index (χ4n) is 4.66. The van der Waals surface area contributed by atoms with Gasteiger partial charge in [-0.25, -0.2) is 4.79 Å². The lowest BCUT2D eigenvalue weighted by molar-refractivity contribution is -0.147. The lowest BCUT2D eigenvalue weighted by atomic mass is 9.79. The zero-order valence-corrected chi connectivity index (χ0v) is 23.4. The zero-order chi connectivity index (χ0) is 27.7. The Kier molecular flexibility index (Phi) is 8.21. The molecule has 9 heteroatoms. The van der Waals surface area contributed by atoms with Crippen LogP contribution in [0.5, 0.6) is 5.75 Å². The molecule has 1 amide bonds. The third-order valence-corrected chi connectivity index (χ3v) is 7.59. The third-order valence-electron chi connectivity index (χ3n) is 7.59. The number of ether oxygens (including phenoxy) is 3. The fraction of sp³-hybridized carbons (Fsp3) is 0.517. The Morgan fingerprint density at radius 2 is 1.68 bits per heavy atom. The molecule has 1 unspecified atom stereocenters. The standard InChI is InChI=1S/C29H38BNO7/c1-19(2)25(27(33)34-7)31-17-21-10-13-23(16-24(21)26(31)32)36-15-14-35-18-20-8-11-22(12-9-20)30-37-28(3,4)29(5,6)38-30/h8-13,16,19,25H,14-15,17-18H2,1-7H3. The van der Waals surface area contributed by atoms with Gasteiger partial charge in [0.25, 0.3) is 5.91 Å². The molecule has 38 heavy (non-hydrogen) atoms. The van der Waals surface area contributed by atoms with E-state index in [1.165, 1.54) is 7.11 Å². The lowest BCUT2D eigenvalue weighted by Crippen LogP contribution is -2.45. The van der Waals surface area contributed by atoms with Crippen LogP contribution in [0.2, 0.25) is 0 Å². The summed E-state index contributed by atoms with van der Waals surface area (Å²) < 4.78 is 28.8. The number of carbonyl (C=O) groups is 2. The van der Waals surface area contributed by atoms with Crippen molar-refractivity contribution in [3.63, 3.8) is 0 Å². The topological polar surface area (TPSA) is 83.5 Å². The van der Waals surface area contributed by atoms with Crippen LogP contribution in [0.15, 0.2) is 42.5 Å². The largest absolute Gasteiger partial charge is 0.494 e. The molecule has 204 valence electrons. The van der Waals surface area contributed by atoms with Gasteiger partial charge in [-0.2, -0.15) is 0 Å². The van der Waals surface area contributed by atoms with Crippen LogP contribution in [0.4, 0.5) is 0 Å². The highest BCUT2D eigenvalue weighted by molar-refractivity contribution is 6.62. The maximum Gasteiger partial charge on any atom is 0.494 e. The van der Waals surface area contributed by atoms with Gasteiger partial charge in [0.05, 0.1) is 31.5 Å². The first-order valence-corrected chi connectivity index (χ1v) is 13.1. The minimum Gasteiger partial charge on any atom is -0.491 e.